The van der Waals surface area contributed by atoms with Crippen molar-refractivity contribution in [1.29, 1.82) is 0 Å². The Labute approximate surface area is 156 Å². The third kappa shape index (κ3) is 3.84. The molecule has 1 aliphatic heterocycles. The topological polar surface area (TPSA) is 40.6 Å². The molecule has 1 amide bonds. The number of hydrogen-bond acceptors (Lipinski definition) is 3. The molecular formula is C21H20F2N2O2. The molecule has 27 heavy (non-hydrogen) atoms. The van der Waals surface area contributed by atoms with E-state index in [4.69, 9.17) is 0 Å². The largest absolute Gasteiger partial charge is 0.363 e. The second kappa shape index (κ2) is 7.10. The lowest BCUT2D eigenvalue weighted by Gasteiger charge is -2.33. The van der Waals surface area contributed by atoms with Gasteiger partial charge in [0.15, 0.2) is 5.78 Å². The fraction of sp³-hybridized carbons (Fsp3) is 0.333. The number of benzene rings is 2. The average molecular weight is 370 g/mol. The van der Waals surface area contributed by atoms with Crippen molar-refractivity contribution in [3.63, 3.8) is 0 Å². The van der Waals surface area contributed by atoms with Crippen LogP contribution in [0.15, 0.2) is 42.5 Å². The zero-order valence-electron chi connectivity index (χ0n) is 14.8. The number of amides is 1. The van der Waals surface area contributed by atoms with Crippen LogP contribution in [-0.2, 0) is 11.3 Å². The number of ketones is 1. The Bertz CT molecular complexity index is 896. The van der Waals surface area contributed by atoms with E-state index in [0.717, 1.165) is 18.5 Å². The van der Waals surface area contributed by atoms with Crippen LogP contribution in [0, 0.1) is 11.6 Å². The maximum atomic E-state index is 13.8. The number of anilines is 1. The van der Waals surface area contributed by atoms with E-state index in [9.17, 15) is 18.4 Å². The molecule has 1 fully saturated rings. The van der Waals surface area contributed by atoms with Crippen LogP contribution in [0.1, 0.15) is 35.2 Å². The molecule has 2 aromatic rings. The average Bonchev–Trinajstić information content (AvgIpc) is 3.47. The van der Waals surface area contributed by atoms with Crippen LogP contribution in [0.2, 0.25) is 0 Å². The first-order valence-corrected chi connectivity index (χ1v) is 9.13. The van der Waals surface area contributed by atoms with Gasteiger partial charge in [0, 0.05) is 36.8 Å². The Morgan fingerprint density at radius 1 is 1.07 bits per heavy atom. The monoisotopic (exact) mass is 370 g/mol. The molecule has 2 aromatic carbocycles. The van der Waals surface area contributed by atoms with E-state index >= 15 is 0 Å². The van der Waals surface area contributed by atoms with Crippen molar-refractivity contribution < 1.29 is 18.4 Å². The summed E-state index contributed by atoms with van der Waals surface area (Å²) in [5.74, 6) is -1.05. The molecule has 4 nitrogen and oxygen atoms in total. The molecule has 0 bridgehead atoms. The van der Waals surface area contributed by atoms with Gasteiger partial charge in [-0.3, -0.25) is 9.59 Å². The predicted molar refractivity (Wildman–Crippen MR) is 97.5 cm³/mol. The number of hydrogen-bond donors (Lipinski definition) is 0. The highest BCUT2D eigenvalue weighted by molar-refractivity contribution is 5.99. The highest BCUT2D eigenvalue weighted by Gasteiger charge is 2.34. The fourth-order valence-electron chi connectivity index (χ4n) is 3.57. The number of Topliss-reactive ketones (excluding diaryl/α,β-unsaturated/α-hetero) is 1. The zero-order valence-corrected chi connectivity index (χ0v) is 14.8. The van der Waals surface area contributed by atoms with Crippen molar-refractivity contribution in [2.24, 2.45) is 0 Å². The third-order valence-electron chi connectivity index (χ3n) is 5.11. The van der Waals surface area contributed by atoms with Gasteiger partial charge < -0.3 is 9.80 Å². The molecule has 0 N–H and O–H groups in total. The van der Waals surface area contributed by atoms with Crippen molar-refractivity contribution in [2.75, 3.05) is 18.0 Å². The highest BCUT2D eigenvalue weighted by Crippen LogP contribution is 2.33. The number of rotatable bonds is 4. The number of carbonyl (C=O) groups is 2. The van der Waals surface area contributed by atoms with Gasteiger partial charge in [-0.15, -0.1) is 0 Å². The summed E-state index contributed by atoms with van der Waals surface area (Å²) in [6, 6.07) is 10.3. The standard InChI is InChI=1S/C21H20F2N2O2/c22-16-3-1-2-14(10-16)20(26)13-24-9-8-21(27)25(18-5-6-18)12-15-11-17(23)4-7-19(15)24/h1-4,7,10-11,18H,5-6,8-9,12-13H2. The van der Waals surface area contributed by atoms with E-state index in [0.29, 0.717) is 25.1 Å². The highest BCUT2D eigenvalue weighted by atomic mass is 19.1. The van der Waals surface area contributed by atoms with Gasteiger partial charge in [0.25, 0.3) is 0 Å². The number of carbonyl (C=O) groups excluding carboxylic acids is 2. The van der Waals surface area contributed by atoms with E-state index in [1.165, 1.54) is 30.3 Å². The molecule has 1 saturated carbocycles. The quantitative estimate of drug-likeness (QED) is 0.773. The Balaban J connectivity index is 1.63. The predicted octanol–water partition coefficient (Wildman–Crippen LogP) is 3.55. The Hall–Kier alpha value is -2.76. The number of nitrogens with zero attached hydrogens (tertiary/aromatic N) is 2. The van der Waals surface area contributed by atoms with E-state index in [1.807, 2.05) is 4.90 Å². The van der Waals surface area contributed by atoms with Crippen LogP contribution in [-0.4, -0.2) is 35.7 Å². The van der Waals surface area contributed by atoms with Crippen LogP contribution in [0.25, 0.3) is 0 Å². The van der Waals surface area contributed by atoms with E-state index in [2.05, 4.69) is 0 Å². The summed E-state index contributed by atoms with van der Waals surface area (Å²) in [5.41, 5.74) is 1.73. The van der Waals surface area contributed by atoms with Gasteiger partial charge in [0.2, 0.25) is 5.91 Å². The van der Waals surface area contributed by atoms with Crippen molar-refractivity contribution in [3.05, 3.63) is 65.2 Å². The summed E-state index contributed by atoms with van der Waals surface area (Å²) in [7, 11) is 0. The van der Waals surface area contributed by atoms with Crippen LogP contribution in [0.5, 0.6) is 0 Å². The van der Waals surface area contributed by atoms with Crippen molar-refractivity contribution in [3.8, 4) is 0 Å². The molecule has 1 aliphatic carbocycles. The molecule has 0 aromatic heterocycles. The first-order valence-electron chi connectivity index (χ1n) is 9.13. The molecular weight excluding hydrogens is 350 g/mol. The second-order valence-electron chi connectivity index (χ2n) is 7.13. The lowest BCUT2D eigenvalue weighted by Crippen LogP contribution is -2.40. The molecule has 4 rings (SSSR count). The van der Waals surface area contributed by atoms with Gasteiger partial charge in [-0.1, -0.05) is 12.1 Å². The van der Waals surface area contributed by atoms with Gasteiger partial charge in [0.1, 0.15) is 11.6 Å². The maximum absolute atomic E-state index is 13.8. The van der Waals surface area contributed by atoms with Crippen LogP contribution >= 0.6 is 0 Å². The molecule has 140 valence electrons. The van der Waals surface area contributed by atoms with E-state index in [1.54, 1.807) is 17.0 Å². The number of fused-ring (bicyclic) bond motifs is 1. The summed E-state index contributed by atoms with van der Waals surface area (Å²) in [5, 5.41) is 0. The van der Waals surface area contributed by atoms with E-state index < -0.39 is 5.82 Å². The van der Waals surface area contributed by atoms with Gasteiger partial charge in [0.05, 0.1) is 6.54 Å². The lowest BCUT2D eigenvalue weighted by molar-refractivity contribution is -0.132. The van der Waals surface area contributed by atoms with Gasteiger partial charge >= 0.3 is 0 Å². The molecule has 1 heterocycles. The minimum atomic E-state index is -0.466. The van der Waals surface area contributed by atoms with Gasteiger partial charge in [-0.2, -0.15) is 0 Å². The molecule has 0 unspecified atom stereocenters. The fourth-order valence-corrected chi connectivity index (χ4v) is 3.57. The van der Waals surface area contributed by atoms with Crippen LogP contribution < -0.4 is 4.90 Å². The van der Waals surface area contributed by atoms with Crippen molar-refractivity contribution in [2.45, 2.75) is 31.8 Å². The summed E-state index contributed by atoms with van der Waals surface area (Å²) in [6.45, 7) is 0.724. The SMILES string of the molecule is O=C(CN1CCC(=O)N(C2CC2)Cc2cc(F)ccc21)c1cccc(F)c1. The summed E-state index contributed by atoms with van der Waals surface area (Å²) < 4.78 is 27.3. The maximum Gasteiger partial charge on any atom is 0.224 e. The van der Waals surface area contributed by atoms with Crippen LogP contribution in [0.4, 0.5) is 14.5 Å². The lowest BCUT2D eigenvalue weighted by atomic mass is 10.1. The smallest absolute Gasteiger partial charge is 0.224 e. The Morgan fingerprint density at radius 3 is 2.59 bits per heavy atom. The third-order valence-corrected chi connectivity index (χ3v) is 5.11. The van der Waals surface area contributed by atoms with E-state index in [-0.39, 0.29) is 35.7 Å². The second-order valence-corrected chi connectivity index (χ2v) is 7.13. The summed E-state index contributed by atoms with van der Waals surface area (Å²) in [6.07, 6.45) is 2.26. The van der Waals surface area contributed by atoms with Gasteiger partial charge in [-0.25, -0.2) is 8.78 Å². The molecule has 2 aliphatic rings. The van der Waals surface area contributed by atoms with Crippen molar-refractivity contribution in [1.82, 2.24) is 4.90 Å². The molecule has 6 heteroatoms. The summed E-state index contributed by atoms with van der Waals surface area (Å²) in [4.78, 5) is 28.8. The zero-order chi connectivity index (χ0) is 19.0. The first-order chi connectivity index (χ1) is 13.0. The number of halogens is 2. The molecule has 0 saturated heterocycles. The minimum absolute atomic E-state index is 0.0127. The molecule has 0 radical (unpaired) electrons. The summed E-state index contributed by atoms with van der Waals surface area (Å²) >= 11 is 0. The molecule has 0 atom stereocenters. The molecule has 0 spiro atoms. The Morgan fingerprint density at radius 2 is 1.85 bits per heavy atom. The Kier molecular flexibility index (Phi) is 4.64. The van der Waals surface area contributed by atoms with Crippen molar-refractivity contribution >= 4 is 17.4 Å². The van der Waals surface area contributed by atoms with Gasteiger partial charge in [-0.05, 0) is 48.7 Å². The first kappa shape index (κ1) is 17.6. The minimum Gasteiger partial charge on any atom is -0.363 e. The van der Waals surface area contributed by atoms with Crippen LogP contribution in [0.3, 0.4) is 0 Å². The normalized spacial score (nSPS) is 17.3.